The molecule has 4 nitrogen and oxygen atoms in total. The van der Waals surface area contributed by atoms with Gasteiger partial charge in [-0.25, -0.2) is 4.98 Å². The Hall–Kier alpha value is -2.83. The van der Waals surface area contributed by atoms with Gasteiger partial charge in [-0.05, 0) is 29.6 Å². The number of aromatic nitrogens is 1. The maximum absolute atomic E-state index is 13.0. The molecule has 0 saturated carbocycles. The Labute approximate surface area is 164 Å². The summed E-state index contributed by atoms with van der Waals surface area (Å²) in [7, 11) is 1.74. The smallest absolute Gasteiger partial charge is 0.254 e. The van der Waals surface area contributed by atoms with Crippen molar-refractivity contribution in [3.05, 3.63) is 87.1 Å². The monoisotopic (exact) mass is 392 g/mol. The number of ketones is 1. The Bertz CT molecular complexity index is 1080. The molecule has 0 bridgehead atoms. The molecule has 0 saturated heterocycles. The van der Waals surface area contributed by atoms with Crippen molar-refractivity contribution in [1.82, 2.24) is 9.88 Å². The minimum absolute atomic E-state index is 0.123. The fourth-order valence-corrected chi connectivity index (χ4v) is 4.57. The van der Waals surface area contributed by atoms with E-state index in [2.05, 4.69) is 4.98 Å². The average molecular weight is 393 g/mol. The van der Waals surface area contributed by atoms with Crippen molar-refractivity contribution in [2.75, 3.05) is 7.05 Å². The molecule has 2 aromatic carbocycles. The second-order valence-electron chi connectivity index (χ2n) is 6.09. The van der Waals surface area contributed by atoms with Gasteiger partial charge in [0.05, 0.1) is 27.2 Å². The van der Waals surface area contributed by atoms with Gasteiger partial charge in [-0.1, -0.05) is 36.4 Å². The molecule has 134 valence electrons. The molecule has 0 spiro atoms. The second-order valence-corrected chi connectivity index (χ2v) is 8.15. The molecule has 0 fully saturated rings. The molecular weight excluding hydrogens is 376 g/mol. The number of fused-ring (bicyclic) bond motifs is 1. The van der Waals surface area contributed by atoms with E-state index >= 15 is 0 Å². The fourth-order valence-electron chi connectivity index (χ4n) is 2.88. The van der Waals surface area contributed by atoms with E-state index in [9.17, 15) is 9.59 Å². The van der Waals surface area contributed by atoms with Crippen LogP contribution in [0.1, 0.15) is 30.6 Å². The van der Waals surface area contributed by atoms with Gasteiger partial charge in [0.15, 0.2) is 0 Å². The summed E-state index contributed by atoms with van der Waals surface area (Å²) in [6.45, 7) is 0.402. The normalized spacial score (nSPS) is 10.9. The summed E-state index contributed by atoms with van der Waals surface area (Å²) in [6.07, 6.45) is 0. The van der Waals surface area contributed by atoms with Crippen molar-refractivity contribution >= 4 is 44.6 Å². The van der Waals surface area contributed by atoms with Gasteiger partial charge in [0, 0.05) is 12.6 Å². The van der Waals surface area contributed by atoms with Crippen LogP contribution in [0, 0.1) is 0 Å². The van der Waals surface area contributed by atoms with E-state index in [-0.39, 0.29) is 11.7 Å². The van der Waals surface area contributed by atoms with Gasteiger partial charge >= 0.3 is 0 Å². The Morgan fingerprint density at radius 1 is 0.963 bits per heavy atom. The molecule has 0 aliphatic rings. The molecule has 6 heteroatoms. The quantitative estimate of drug-likeness (QED) is 0.456. The highest BCUT2D eigenvalue weighted by molar-refractivity contribution is 7.18. The maximum atomic E-state index is 13.0. The van der Waals surface area contributed by atoms with Crippen LogP contribution in [0.3, 0.4) is 0 Å². The molecule has 0 atom stereocenters. The lowest BCUT2D eigenvalue weighted by Gasteiger charge is -2.17. The van der Waals surface area contributed by atoms with Gasteiger partial charge in [0.25, 0.3) is 5.91 Å². The van der Waals surface area contributed by atoms with Crippen molar-refractivity contribution < 1.29 is 9.59 Å². The van der Waals surface area contributed by atoms with Crippen LogP contribution in [0.25, 0.3) is 10.2 Å². The minimum atomic E-state index is -0.185. The number of carbonyl (C=O) groups excluding carboxylic acids is 2. The number of benzene rings is 2. The van der Waals surface area contributed by atoms with Crippen LogP contribution >= 0.6 is 22.7 Å². The van der Waals surface area contributed by atoms with Crippen LogP contribution in [0.2, 0.25) is 0 Å². The third kappa shape index (κ3) is 3.54. The van der Waals surface area contributed by atoms with E-state index in [1.807, 2.05) is 35.7 Å². The topological polar surface area (TPSA) is 50.3 Å². The summed E-state index contributed by atoms with van der Waals surface area (Å²) in [6, 6.07) is 18.5. The summed E-state index contributed by atoms with van der Waals surface area (Å²) in [5.74, 6) is -0.308. The first-order chi connectivity index (χ1) is 13.1. The molecule has 4 rings (SSSR count). The zero-order valence-corrected chi connectivity index (χ0v) is 16.2. The van der Waals surface area contributed by atoms with E-state index in [0.29, 0.717) is 22.5 Å². The minimum Gasteiger partial charge on any atom is -0.335 e. The van der Waals surface area contributed by atoms with Gasteiger partial charge in [0.1, 0.15) is 5.01 Å². The summed E-state index contributed by atoms with van der Waals surface area (Å²) in [4.78, 5) is 32.6. The number of thiophene rings is 1. The molecule has 0 aliphatic heterocycles. The van der Waals surface area contributed by atoms with E-state index in [1.54, 1.807) is 53.6 Å². The summed E-state index contributed by atoms with van der Waals surface area (Å²) >= 11 is 2.95. The van der Waals surface area contributed by atoms with Gasteiger partial charge in [-0.15, -0.1) is 22.7 Å². The fraction of sp³-hybridized carbons (Fsp3) is 0.0952. The Kier molecular flexibility index (Phi) is 4.83. The van der Waals surface area contributed by atoms with Gasteiger partial charge in [-0.2, -0.15) is 0 Å². The molecule has 1 amide bonds. The Morgan fingerprint density at radius 3 is 2.44 bits per heavy atom. The average Bonchev–Trinajstić information content (AvgIpc) is 3.36. The number of rotatable bonds is 5. The largest absolute Gasteiger partial charge is 0.335 e. The third-order valence-electron chi connectivity index (χ3n) is 4.20. The summed E-state index contributed by atoms with van der Waals surface area (Å²) < 4.78 is 1.10. The van der Waals surface area contributed by atoms with E-state index in [4.69, 9.17) is 0 Å². The lowest BCUT2D eigenvalue weighted by molar-refractivity contribution is 0.0780. The first-order valence-corrected chi connectivity index (χ1v) is 10.1. The van der Waals surface area contributed by atoms with Gasteiger partial charge < -0.3 is 4.90 Å². The highest BCUT2D eigenvalue weighted by Crippen LogP contribution is 2.24. The molecule has 0 radical (unpaired) electrons. The Morgan fingerprint density at radius 2 is 1.70 bits per heavy atom. The highest BCUT2D eigenvalue weighted by Gasteiger charge is 2.21. The van der Waals surface area contributed by atoms with E-state index < -0.39 is 0 Å². The molecule has 4 aromatic rings. The zero-order valence-electron chi connectivity index (χ0n) is 14.6. The predicted molar refractivity (Wildman–Crippen MR) is 110 cm³/mol. The molecule has 2 aromatic heterocycles. The third-order valence-corrected chi connectivity index (χ3v) is 6.09. The molecule has 0 aliphatic carbocycles. The molecule has 27 heavy (non-hydrogen) atoms. The first-order valence-electron chi connectivity index (χ1n) is 8.40. The van der Waals surface area contributed by atoms with Crippen molar-refractivity contribution in [3.63, 3.8) is 0 Å². The number of thiazole rings is 1. The summed E-state index contributed by atoms with van der Waals surface area (Å²) in [5.41, 5.74) is 1.78. The van der Waals surface area contributed by atoms with Crippen molar-refractivity contribution in [1.29, 1.82) is 0 Å². The van der Waals surface area contributed by atoms with Crippen LogP contribution in [-0.2, 0) is 6.54 Å². The number of para-hydroxylation sites is 1. The SMILES string of the molecule is CN(Cc1nc2ccccc2s1)C(=O)c1ccccc1C(=O)c1cccs1. The number of carbonyl (C=O) groups is 2. The first kappa shape index (κ1) is 17.6. The van der Waals surface area contributed by atoms with Crippen molar-refractivity contribution in [2.45, 2.75) is 6.54 Å². The number of hydrogen-bond donors (Lipinski definition) is 0. The molecule has 2 heterocycles. The van der Waals surface area contributed by atoms with Crippen LogP contribution < -0.4 is 0 Å². The predicted octanol–water partition coefficient (Wildman–Crippen LogP) is 4.86. The number of nitrogens with zero attached hydrogens (tertiary/aromatic N) is 2. The molecular formula is C21H16N2O2S2. The van der Waals surface area contributed by atoms with Gasteiger partial charge in [0.2, 0.25) is 5.78 Å². The number of hydrogen-bond acceptors (Lipinski definition) is 5. The summed E-state index contributed by atoms with van der Waals surface area (Å²) in [5, 5.41) is 2.73. The van der Waals surface area contributed by atoms with E-state index in [0.717, 1.165) is 15.2 Å². The number of amides is 1. The van der Waals surface area contributed by atoms with Crippen LogP contribution in [0.4, 0.5) is 0 Å². The zero-order chi connectivity index (χ0) is 18.8. The molecule has 0 N–H and O–H groups in total. The Balaban J connectivity index is 1.59. The highest BCUT2D eigenvalue weighted by atomic mass is 32.1. The van der Waals surface area contributed by atoms with Gasteiger partial charge in [-0.3, -0.25) is 9.59 Å². The molecule has 0 unspecified atom stereocenters. The van der Waals surface area contributed by atoms with Crippen molar-refractivity contribution in [2.24, 2.45) is 0 Å². The second kappa shape index (κ2) is 7.42. The maximum Gasteiger partial charge on any atom is 0.254 e. The van der Waals surface area contributed by atoms with Crippen LogP contribution in [0.5, 0.6) is 0 Å². The van der Waals surface area contributed by atoms with E-state index in [1.165, 1.54) is 11.3 Å². The lowest BCUT2D eigenvalue weighted by atomic mass is 10.0. The van der Waals surface area contributed by atoms with Crippen molar-refractivity contribution in [3.8, 4) is 0 Å². The standard InChI is InChI=1S/C21H16N2O2S2/c1-23(13-19-22-16-9-4-5-10-17(16)27-19)21(25)15-8-3-2-7-14(15)20(24)18-11-6-12-26-18/h2-12H,13H2,1H3. The lowest BCUT2D eigenvalue weighted by Crippen LogP contribution is -2.27. The van der Waals surface area contributed by atoms with Crippen LogP contribution in [0.15, 0.2) is 66.0 Å². The van der Waals surface area contributed by atoms with Crippen LogP contribution in [-0.4, -0.2) is 28.6 Å².